The van der Waals surface area contributed by atoms with Crippen molar-refractivity contribution in [3.63, 3.8) is 0 Å². The third-order valence-electron chi connectivity index (χ3n) is 1.84. The molecule has 0 saturated heterocycles. The number of hydrogen-bond donors (Lipinski definition) is 1. The van der Waals surface area contributed by atoms with E-state index in [9.17, 15) is 0 Å². The van der Waals surface area contributed by atoms with Gasteiger partial charge in [0.05, 0.1) is 11.6 Å². The first-order chi connectivity index (χ1) is 5.95. The first-order valence-electron chi connectivity index (χ1n) is 3.62. The third kappa shape index (κ3) is 0.567. The quantitative estimate of drug-likeness (QED) is 0.543. The lowest BCUT2D eigenvalue weighted by Gasteiger charge is -1.82. The Balaban J connectivity index is 2.68. The Bertz CT molecular complexity index is 536. The molecule has 0 aliphatic carbocycles. The number of H-pyrrole nitrogens is 1. The van der Waals surface area contributed by atoms with Crippen LogP contribution in [0.2, 0.25) is 0 Å². The van der Waals surface area contributed by atoms with E-state index in [1.54, 1.807) is 12.4 Å². The van der Waals surface area contributed by atoms with Gasteiger partial charge in [-0.25, -0.2) is 5.10 Å². The molecule has 0 aliphatic rings. The minimum absolute atomic E-state index is 0.684. The molecule has 0 unspecified atom stereocenters. The predicted molar refractivity (Wildman–Crippen MR) is 43.7 cm³/mol. The Labute approximate surface area is 67.2 Å². The molecular weight excluding hydrogens is 154 g/mol. The standard InChI is InChI=1S/C8H5N3O/c1-2-6-7(9-3-1)5-4-10-11-8(5)12-6/h1-4H,(H,10,11). The van der Waals surface area contributed by atoms with Gasteiger partial charge in [-0.15, -0.1) is 0 Å². The van der Waals surface area contributed by atoms with E-state index in [2.05, 4.69) is 15.2 Å². The van der Waals surface area contributed by atoms with Gasteiger partial charge in [0.2, 0.25) is 5.71 Å². The summed E-state index contributed by atoms with van der Waals surface area (Å²) in [6, 6.07) is 3.73. The van der Waals surface area contributed by atoms with Crippen LogP contribution in [0.1, 0.15) is 0 Å². The van der Waals surface area contributed by atoms with E-state index in [1.807, 2.05) is 12.1 Å². The summed E-state index contributed by atoms with van der Waals surface area (Å²) < 4.78 is 5.41. The number of furan rings is 1. The first-order valence-corrected chi connectivity index (χ1v) is 3.62. The van der Waals surface area contributed by atoms with E-state index in [0.29, 0.717) is 5.71 Å². The molecule has 3 heterocycles. The van der Waals surface area contributed by atoms with Crippen LogP contribution in [-0.4, -0.2) is 15.2 Å². The number of aromatic nitrogens is 3. The lowest BCUT2D eigenvalue weighted by atomic mass is 10.3. The van der Waals surface area contributed by atoms with Crippen molar-refractivity contribution in [2.45, 2.75) is 0 Å². The summed E-state index contributed by atoms with van der Waals surface area (Å²) in [5.74, 6) is 0. The van der Waals surface area contributed by atoms with Crippen LogP contribution < -0.4 is 0 Å². The number of aromatic amines is 1. The van der Waals surface area contributed by atoms with E-state index in [0.717, 1.165) is 16.5 Å². The second kappa shape index (κ2) is 1.85. The highest BCUT2D eigenvalue weighted by atomic mass is 16.3. The van der Waals surface area contributed by atoms with Crippen LogP contribution >= 0.6 is 0 Å². The maximum absolute atomic E-state index is 5.41. The zero-order valence-electron chi connectivity index (χ0n) is 6.11. The lowest BCUT2D eigenvalue weighted by molar-refractivity contribution is 0.649. The molecule has 0 atom stereocenters. The predicted octanol–water partition coefficient (Wildman–Crippen LogP) is 1.70. The fraction of sp³-hybridized carbons (Fsp3) is 0. The molecule has 0 spiro atoms. The van der Waals surface area contributed by atoms with Gasteiger partial charge in [-0.2, -0.15) is 5.10 Å². The van der Waals surface area contributed by atoms with Crippen molar-refractivity contribution in [3.8, 4) is 0 Å². The van der Waals surface area contributed by atoms with Gasteiger partial charge in [-0.3, -0.25) is 4.98 Å². The average Bonchev–Trinajstić information content (AvgIpc) is 2.62. The summed E-state index contributed by atoms with van der Waals surface area (Å²) in [6.45, 7) is 0. The monoisotopic (exact) mass is 159 g/mol. The normalized spacial score (nSPS) is 11.3. The minimum atomic E-state index is 0.684. The molecule has 58 valence electrons. The van der Waals surface area contributed by atoms with Crippen molar-refractivity contribution >= 4 is 22.2 Å². The number of rotatable bonds is 0. The second-order valence-corrected chi connectivity index (χ2v) is 2.57. The summed E-state index contributed by atoms with van der Waals surface area (Å²) in [6.07, 6.45) is 3.46. The molecule has 0 aromatic carbocycles. The molecule has 3 rings (SSSR count). The molecule has 0 amide bonds. The van der Waals surface area contributed by atoms with E-state index in [-0.39, 0.29) is 0 Å². The van der Waals surface area contributed by atoms with Crippen LogP contribution in [0.5, 0.6) is 0 Å². The number of nitrogens with zero attached hydrogens (tertiary/aromatic N) is 2. The number of nitrogens with one attached hydrogen (secondary N) is 1. The summed E-state index contributed by atoms with van der Waals surface area (Å²) >= 11 is 0. The summed E-state index contributed by atoms with van der Waals surface area (Å²) in [5.41, 5.74) is 2.34. The van der Waals surface area contributed by atoms with Crippen molar-refractivity contribution < 1.29 is 4.42 Å². The average molecular weight is 159 g/mol. The SMILES string of the molecule is c1cnc2c(c1)oc1[nH]ncc12. The Morgan fingerprint density at radius 1 is 1.42 bits per heavy atom. The van der Waals surface area contributed by atoms with Crippen LogP contribution in [0.15, 0.2) is 28.9 Å². The van der Waals surface area contributed by atoms with Gasteiger partial charge in [0, 0.05) is 6.20 Å². The molecule has 0 bridgehead atoms. The van der Waals surface area contributed by atoms with Gasteiger partial charge in [0.15, 0.2) is 5.58 Å². The smallest absolute Gasteiger partial charge is 0.224 e. The zero-order chi connectivity index (χ0) is 7.97. The molecule has 1 N–H and O–H groups in total. The lowest BCUT2D eigenvalue weighted by Crippen LogP contribution is -1.69. The van der Waals surface area contributed by atoms with Crippen molar-refractivity contribution in [1.29, 1.82) is 0 Å². The highest BCUT2D eigenvalue weighted by molar-refractivity contribution is 6.00. The molecular formula is C8H5N3O. The van der Waals surface area contributed by atoms with Gasteiger partial charge in [-0.1, -0.05) is 0 Å². The molecule has 4 heteroatoms. The molecule has 0 saturated carbocycles. The Hall–Kier alpha value is -1.84. The molecule has 0 aliphatic heterocycles. The van der Waals surface area contributed by atoms with Crippen LogP contribution in [0.3, 0.4) is 0 Å². The number of hydrogen-bond acceptors (Lipinski definition) is 3. The molecule has 0 radical (unpaired) electrons. The molecule has 3 aromatic heterocycles. The van der Waals surface area contributed by atoms with Crippen molar-refractivity contribution in [1.82, 2.24) is 15.2 Å². The van der Waals surface area contributed by atoms with Gasteiger partial charge in [0.25, 0.3) is 0 Å². The van der Waals surface area contributed by atoms with Gasteiger partial charge < -0.3 is 4.42 Å². The maximum atomic E-state index is 5.41. The molecule has 0 fully saturated rings. The van der Waals surface area contributed by atoms with Gasteiger partial charge >= 0.3 is 0 Å². The fourth-order valence-corrected chi connectivity index (χ4v) is 1.31. The van der Waals surface area contributed by atoms with Gasteiger partial charge in [-0.05, 0) is 12.1 Å². The fourth-order valence-electron chi connectivity index (χ4n) is 1.31. The molecule has 3 aromatic rings. The third-order valence-corrected chi connectivity index (χ3v) is 1.84. The molecule has 4 nitrogen and oxygen atoms in total. The van der Waals surface area contributed by atoms with E-state index >= 15 is 0 Å². The second-order valence-electron chi connectivity index (χ2n) is 2.57. The highest BCUT2D eigenvalue weighted by Crippen LogP contribution is 2.23. The maximum Gasteiger partial charge on any atom is 0.224 e. The first kappa shape index (κ1) is 5.77. The van der Waals surface area contributed by atoms with Crippen LogP contribution in [0.25, 0.3) is 22.2 Å². The molecule has 12 heavy (non-hydrogen) atoms. The zero-order valence-corrected chi connectivity index (χ0v) is 6.11. The van der Waals surface area contributed by atoms with E-state index < -0.39 is 0 Å². The summed E-state index contributed by atoms with van der Waals surface area (Å²) in [4.78, 5) is 4.19. The topological polar surface area (TPSA) is 54.7 Å². The van der Waals surface area contributed by atoms with Crippen molar-refractivity contribution in [3.05, 3.63) is 24.5 Å². The van der Waals surface area contributed by atoms with Crippen molar-refractivity contribution in [2.75, 3.05) is 0 Å². The van der Waals surface area contributed by atoms with E-state index in [1.165, 1.54) is 0 Å². The Morgan fingerprint density at radius 2 is 2.42 bits per heavy atom. The Kier molecular flexibility index (Phi) is 0.889. The Morgan fingerprint density at radius 3 is 3.42 bits per heavy atom. The highest BCUT2D eigenvalue weighted by Gasteiger charge is 2.07. The van der Waals surface area contributed by atoms with Crippen LogP contribution in [0, 0.1) is 0 Å². The number of pyridine rings is 1. The minimum Gasteiger partial charge on any atom is -0.436 e. The summed E-state index contributed by atoms with van der Waals surface area (Å²) in [5, 5.41) is 7.54. The summed E-state index contributed by atoms with van der Waals surface area (Å²) in [7, 11) is 0. The van der Waals surface area contributed by atoms with Crippen molar-refractivity contribution in [2.24, 2.45) is 0 Å². The van der Waals surface area contributed by atoms with Crippen LogP contribution in [0.4, 0.5) is 0 Å². The van der Waals surface area contributed by atoms with Crippen LogP contribution in [-0.2, 0) is 0 Å². The largest absolute Gasteiger partial charge is 0.436 e. The van der Waals surface area contributed by atoms with Gasteiger partial charge in [0.1, 0.15) is 5.52 Å². The van der Waals surface area contributed by atoms with E-state index in [4.69, 9.17) is 4.42 Å². The number of fused-ring (bicyclic) bond motifs is 3.